The molecule has 0 bridgehead atoms. The van der Waals surface area contributed by atoms with Crippen LogP contribution in [0.3, 0.4) is 0 Å². The Morgan fingerprint density at radius 3 is 2.44 bits per heavy atom. The number of aromatic nitrogens is 1. The molecule has 0 amide bonds. The molecule has 0 saturated carbocycles. The van der Waals surface area contributed by atoms with Crippen LogP contribution in [0.15, 0.2) is 36.4 Å². The molecule has 0 aliphatic rings. The molecule has 0 N–H and O–H groups in total. The van der Waals surface area contributed by atoms with Crippen LogP contribution in [0.1, 0.15) is 5.56 Å². The molecule has 2 rings (SSSR count). The van der Waals surface area contributed by atoms with Crippen molar-refractivity contribution in [2.75, 3.05) is 0 Å². The number of hydrogen-bond donors (Lipinski definition) is 0. The van der Waals surface area contributed by atoms with Gasteiger partial charge in [-0.15, -0.1) is 0 Å². The lowest BCUT2D eigenvalue weighted by Crippen LogP contribution is -1.89. The molecule has 4 heteroatoms. The molecule has 0 atom stereocenters. The van der Waals surface area contributed by atoms with Gasteiger partial charge in [0, 0.05) is 5.56 Å². The third-order valence-electron chi connectivity index (χ3n) is 2.10. The maximum atomic E-state index is 13.5. The molecule has 2 nitrogen and oxygen atoms in total. The summed E-state index contributed by atoms with van der Waals surface area (Å²) in [5, 5.41) is 8.87. The zero-order chi connectivity index (χ0) is 11.5. The average molecular weight is 233 g/mol. The second-order valence-electron chi connectivity index (χ2n) is 3.15. The predicted octanol–water partition coefficient (Wildman–Crippen LogP) is 3.41. The molecular weight excluding hydrogens is 227 g/mol. The van der Waals surface area contributed by atoms with Crippen molar-refractivity contribution in [1.82, 2.24) is 4.98 Å². The lowest BCUT2D eigenvalue weighted by Gasteiger charge is -2.02. The van der Waals surface area contributed by atoms with Gasteiger partial charge in [-0.2, -0.15) is 5.26 Å². The van der Waals surface area contributed by atoms with Gasteiger partial charge in [0.15, 0.2) is 0 Å². The van der Waals surface area contributed by atoms with E-state index >= 15 is 0 Å². The van der Waals surface area contributed by atoms with Gasteiger partial charge in [-0.1, -0.05) is 23.7 Å². The topological polar surface area (TPSA) is 36.7 Å². The molecule has 0 radical (unpaired) electrons. The molecule has 78 valence electrons. The Labute approximate surface area is 96.9 Å². The summed E-state index contributed by atoms with van der Waals surface area (Å²) in [6.07, 6.45) is 0. The number of nitrogens with zero attached hydrogens (tertiary/aromatic N) is 2. The fourth-order valence-corrected chi connectivity index (χ4v) is 1.47. The molecule has 0 spiro atoms. The van der Waals surface area contributed by atoms with Gasteiger partial charge in [0.2, 0.25) is 0 Å². The van der Waals surface area contributed by atoms with Gasteiger partial charge in [0.05, 0.1) is 11.6 Å². The number of halogens is 2. The zero-order valence-corrected chi connectivity index (χ0v) is 8.87. The molecule has 0 aliphatic carbocycles. The molecule has 16 heavy (non-hydrogen) atoms. The van der Waals surface area contributed by atoms with Gasteiger partial charge >= 0.3 is 0 Å². The van der Waals surface area contributed by atoms with Crippen LogP contribution in [0.2, 0.25) is 5.15 Å². The first-order chi connectivity index (χ1) is 7.70. The maximum absolute atomic E-state index is 13.5. The Morgan fingerprint density at radius 1 is 1.12 bits per heavy atom. The Balaban J connectivity index is 2.50. The predicted molar refractivity (Wildman–Crippen MR) is 59.4 cm³/mol. The summed E-state index contributed by atoms with van der Waals surface area (Å²) in [6.45, 7) is 0. The molecule has 0 fully saturated rings. The highest BCUT2D eigenvalue weighted by molar-refractivity contribution is 6.29. The number of rotatable bonds is 1. The van der Waals surface area contributed by atoms with Crippen molar-refractivity contribution in [3.8, 4) is 17.3 Å². The molecule has 2 aromatic rings. The van der Waals surface area contributed by atoms with E-state index < -0.39 is 5.82 Å². The molecule has 1 aromatic heterocycles. The van der Waals surface area contributed by atoms with Gasteiger partial charge < -0.3 is 0 Å². The molecule has 0 aliphatic heterocycles. The van der Waals surface area contributed by atoms with Crippen molar-refractivity contribution >= 4 is 11.6 Å². The molecule has 0 saturated heterocycles. The van der Waals surface area contributed by atoms with E-state index in [0.717, 1.165) is 0 Å². The number of hydrogen-bond acceptors (Lipinski definition) is 2. The summed E-state index contributed by atoms with van der Waals surface area (Å²) in [5.41, 5.74) is 1.31. The highest BCUT2D eigenvalue weighted by Gasteiger charge is 2.07. The van der Waals surface area contributed by atoms with E-state index in [1.807, 2.05) is 6.07 Å². The highest BCUT2D eigenvalue weighted by Crippen LogP contribution is 2.22. The molecule has 0 unspecified atom stereocenters. The van der Waals surface area contributed by atoms with E-state index in [1.54, 1.807) is 24.3 Å². The SMILES string of the molecule is N#Cc1ccc(-c2nc(Cl)ccc2F)cc1. The minimum Gasteiger partial charge on any atom is -0.233 e. The normalized spacial score (nSPS) is 9.81. The van der Waals surface area contributed by atoms with Crippen molar-refractivity contribution in [1.29, 1.82) is 5.26 Å². The molecule has 1 aromatic carbocycles. The van der Waals surface area contributed by atoms with Gasteiger partial charge in [0.25, 0.3) is 0 Å². The van der Waals surface area contributed by atoms with Crippen LogP contribution in [-0.2, 0) is 0 Å². The molecule has 1 heterocycles. The summed E-state index contributed by atoms with van der Waals surface area (Å²) >= 11 is 5.70. The third kappa shape index (κ3) is 2.02. The van der Waals surface area contributed by atoms with E-state index in [0.29, 0.717) is 11.1 Å². The second-order valence-corrected chi connectivity index (χ2v) is 3.54. The summed E-state index contributed by atoms with van der Waals surface area (Å²) < 4.78 is 13.5. The Bertz CT molecular complexity index is 558. The van der Waals surface area contributed by atoms with E-state index in [1.165, 1.54) is 12.1 Å². The van der Waals surface area contributed by atoms with E-state index in [9.17, 15) is 4.39 Å². The van der Waals surface area contributed by atoms with Crippen LogP contribution in [0.25, 0.3) is 11.3 Å². The van der Waals surface area contributed by atoms with Crippen molar-refractivity contribution in [2.45, 2.75) is 0 Å². The van der Waals surface area contributed by atoms with Crippen LogP contribution in [0, 0.1) is 17.1 Å². The fraction of sp³-hybridized carbons (Fsp3) is 0. The van der Waals surface area contributed by atoms with E-state index in [4.69, 9.17) is 16.9 Å². The van der Waals surface area contributed by atoms with Crippen molar-refractivity contribution in [3.63, 3.8) is 0 Å². The summed E-state index contributed by atoms with van der Waals surface area (Å²) in [6, 6.07) is 11.1. The first kappa shape index (κ1) is 10.6. The monoisotopic (exact) mass is 232 g/mol. The summed E-state index contributed by atoms with van der Waals surface area (Å²) in [4.78, 5) is 3.91. The Kier molecular flexibility index (Phi) is 2.84. The largest absolute Gasteiger partial charge is 0.233 e. The van der Waals surface area contributed by atoms with Crippen molar-refractivity contribution in [2.24, 2.45) is 0 Å². The van der Waals surface area contributed by atoms with Gasteiger partial charge in [-0.3, -0.25) is 0 Å². The standard InChI is InChI=1S/C12H6ClFN2/c13-11-6-5-10(14)12(16-11)9-3-1-8(7-15)2-4-9/h1-6H. The van der Waals surface area contributed by atoms with Gasteiger partial charge in [-0.05, 0) is 24.3 Å². The fourth-order valence-electron chi connectivity index (χ4n) is 1.32. The Morgan fingerprint density at radius 2 is 1.81 bits per heavy atom. The Hall–Kier alpha value is -1.92. The lowest BCUT2D eigenvalue weighted by atomic mass is 10.1. The number of pyridine rings is 1. The maximum Gasteiger partial charge on any atom is 0.149 e. The number of nitriles is 1. The van der Waals surface area contributed by atoms with Crippen LogP contribution >= 0.6 is 11.6 Å². The van der Waals surface area contributed by atoms with Crippen LogP contribution < -0.4 is 0 Å². The molecular formula is C12H6ClFN2. The van der Waals surface area contributed by atoms with E-state index in [-0.39, 0.29) is 10.8 Å². The second kappa shape index (κ2) is 4.30. The smallest absolute Gasteiger partial charge is 0.149 e. The van der Waals surface area contributed by atoms with Crippen molar-refractivity contribution in [3.05, 3.63) is 52.9 Å². The van der Waals surface area contributed by atoms with Crippen LogP contribution in [0.5, 0.6) is 0 Å². The van der Waals surface area contributed by atoms with Gasteiger partial charge in [-0.25, -0.2) is 9.37 Å². The van der Waals surface area contributed by atoms with E-state index in [2.05, 4.69) is 4.98 Å². The van der Waals surface area contributed by atoms with Crippen LogP contribution in [-0.4, -0.2) is 4.98 Å². The minimum absolute atomic E-state index is 0.192. The van der Waals surface area contributed by atoms with Crippen LogP contribution in [0.4, 0.5) is 4.39 Å². The summed E-state index contributed by atoms with van der Waals surface area (Å²) in [7, 11) is 0. The first-order valence-electron chi connectivity index (χ1n) is 4.53. The zero-order valence-electron chi connectivity index (χ0n) is 8.11. The van der Waals surface area contributed by atoms with Crippen molar-refractivity contribution < 1.29 is 4.39 Å². The average Bonchev–Trinajstić information content (AvgIpc) is 2.32. The highest BCUT2D eigenvalue weighted by atomic mass is 35.5. The van der Waals surface area contributed by atoms with Gasteiger partial charge in [0.1, 0.15) is 16.7 Å². The third-order valence-corrected chi connectivity index (χ3v) is 2.31. The summed E-state index contributed by atoms with van der Waals surface area (Å²) in [5.74, 6) is -0.436. The number of benzene rings is 1. The lowest BCUT2D eigenvalue weighted by molar-refractivity contribution is 0.626. The minimum atomic E-state index is -0.436. The quantitative estimate of drug-likeness (QED) is 0.707. The first-order valence-corrected chi connectivity index (χ1v) is 4.91.